The number of ether oxygens (including phenoxy) is 1. The third kappa shape index (κ3) is 7.24. The predicted molar refractivity (Wildman–Crippen MR) is 151 cm³/mol. The molecule has 2 aliphatic rings. The van der Waals surface area contributed by atoms with Gasteiger partial charge in [-0.1, -0.05) is 61.7 Å². The predicted octanol–water partition coefficient (Wildman–Crippen LogP) is 8.20. The summed E-state index contributed by atoms with van der Waals surface area (Å²) in [5, 5.41) is 0. The summed E-state index contributed by atoms with van der Waals surface area (Å²) in [6.07, 6.45) is 15.9. The number of nitrogens with zero attached hydrogens (tertiary/aromatic N) is 1. The van der Waals surface area contributed by atoms with E-state index in [-0.39, 0.29) is 5.78 Å². The second-order valence-electron chi connectivity index (χ2n) is 11.1. The van der Waals surface area contributed by atoms with Crippen LogP contribution in [0.2, 0.25) is 0 Å². The molecule has 0 saturated heterocycles. The lowest BCUT2D eigenvalue weighted by Gasteiger charge is -2.41. The molecular weight excluding hydrogens is 442 g/mol. The lowest BCUT2D eigenvalue weighted by molar-refractivity contribution is 0.101. The van der Waals surface area contributed by atoms with Gasteiger partial charge >= 0.3 is 0 Å². The van der Waals surface area contributed by atoms with E-state index < -0.39 is 0 Å². The standard InChI is InChI=1S/C33H45NO2/c1-4-5-6-7-8-15-29-16-17-31(29)23-34-22-28(14-10-13-27-12-9-11-25(2)20-27)24-36-33-19-18-30(26(3)35)21-32(33)34/h7-9,11-12,18-21,28-29,31H,4-6,10,13-17,22-24H2,1-3H3/b8-7+/t28-,29-,31+/m1/s1. The fourth-order valence-corrected chi connectivity index (χ4v) is 5.77. The fraction of sp³-hybridized carbons (Fsp3) is 0.545. The first-order valence-electron chi connectivity index (χ1n) is 14.3. The van der Waals surface area contributed by atoms with Gasteiger partial charge in [-0.25, -0.2) is 0 Å². The lowest BCUT2D eigenvalue weighted by Crippen LogP contribution is -2.40. The topological polar surface area (TPSA) is 29.5 Å². The van der Waals surface area contributed by atoms with E-state index in [9.17, 15) is 4.79 Å². The van der Waals surface area contributed by atoms with Gasteiger partial charge in [-0.2, -0.15) is 0 Å². The van der Waals surface area contributed by atoms with E-state index >= 15 is 0 Å². The number of allylic oxidation sites excluding steroid dienone is 2. The van der Waals surface area contributed by atoms with Crippen LogP contribution < -0.4 is 9.64 Å². The molecule has 1 aliphatic heterocycles. The third-order valence-electron chi connectivity index (χ3n) is 8.18. The Kier molecular flexibility index (Phi) is 9.67. The molecule has 1 saturated carbocycles. The van der Waals surface area contributed by atoms with Gasteiger partial charge in [0.1, 0.15) is 5.75 Å². The van der Waals surface area contributed by atoms with Crippen LogP contribution in [0.15, 0.2) is 54.6 Å². The van der Waals surface area contributed by atoms with Gasteiger partial charge in [0.2, 0.25) is 0 Å². The van der Waals surface area contributed by atoms with Crippen molar-refractivity contribution in [3.63, 3.8) is 0 Å². The first-order valence-corrected chi connectivity index (χ1v) is 14.3. The van der Waals surface area contributed by atoms with Crippen molar-refractivity contribution in [1.82, 2.24) is 0 Å². The first kappa shape index (κ1) is 26.5. The average molecular weight is 488 g/mol. The summed E-state index contributed by atoms with van der Waals surface area (Å²) in [7, 11) is 0. The van der Waals surface area contributed by atoms with Gasteiger partial charge in [-0.15, -0.1) is 0 Å². The molecule has 4 rings (SSSR count). The number of aryl methyl sites for hydroxylation is 2. The number of carbonyl (C=O) groups excluding carboxylic acids is 1. The molecule has 0 spiro atoms. The highest BCUT2D eigenvalue weighted by molar-refractivity contribution is 5.95. The second kappa shape index (κ2) is 13.1. The Balaban J connectivity index is 1.42. The van der Waals surface area contributed by atoms with E-state index in [1.165, 1.54) is 56.1 Å². The summed E-state index contributed by atoms with van der Waals surface area (Å²) >= 11 is 0. The zero-order chi connectivity index (χ0) is 25.3. The average Bonchev–Trinajstić information content (AvgIpc) is 3.03. The molecule has 0 bridgehead atoms. The second-order valence-corrected chi connectivity index (χ2v) is 11.1. The van der Waals surface area contributed by atoms with Crippen LogP contribution in [0.5, 0.6) is 5.75 Å². The Labute approximate surface area is 218 Å². The number of hydrogen-bond acceptors (Lipinski definition) is 3. The number of fused-ring (bicyclic) bond motifs is 1. The molecule has 1 fully saturated rings. The van der Waals surface area contributed by atoms with Gasteiger partial charge in [-0.05, 0) is 94.4 Å². The van der Waals surface area contributed by atoms with E-state index in [1.54, 1.807) is 6.92 Å². The Morgan fingerprint density at radius 2 is 1.94 bits per heavy atom. The van der Waals surface area contributed by atoms with E-state index in [0.717, 1.165) is 61.4 Å². The molecule has 0 aromatic heterocycles. The lowest BCUT2D eigenvalue weighted by atomic mass is 9.71. The van der Waals surface area contributed by atoms with Crippen LogP contribution in [0.3, 0.4) is 0 Å². The minimum atomic E-state index is 0.121. The molecule has 3 nitrogen and oxygen atoms in total. The normalized spacial score (nSPS) is 21.5. The van der Waals surface area contributed by atoms with E-state index in [1.807, 2.05) is 12.1 Å². The molecule has 2 aromatic rings. The number of benzene rings is 2. The Hall–Kier alpha value is -2.55. The number of hydrogen-bond donors (Lipinski definition) is 0. The molecule has 194 valence electrons. The summed E-state index contributed by atoms with van der Waals surface area (Å²) in [5.41, 5.74) is 4.67. The van der Waals surface area contributed by atoms with Crippen molar-refractivity contribution in [2.24, 2.45) is 17.8 Å². The summed E-state index contributed by atoms with van der Waals surface area (Å²) in [5.74, 6) is 3.06. The Morgan fingerprint density at radius 1 is 1.08 bits per heavy atom. The van der Waals surface area contributed by atoms with Crippen LogP contribution in [0, 0.1) is 24.7 Å². The van der Waals surface area contributed by atoms with Crippen LogP contribution in [0.4, 0.5) is 5.69 Å². The quantitative estimate of drug-likeness (QED) is 0.172. The molecule has 3 heteroatoms. The number of rotatable bonds is 12. The number of unbranched alkanes of at least 4 members (excludes halogenated alkanes) is 2. The van der Waals surface area contributed by atoms with Gasteiger partial charge in [0.25, 0.3) is 0 Å². The van der Waals surface area contributed by atoms with Gasteiger partial charge in [0.15, 0.2) is 5.78 Å². The van der Waals surface area contributed by atoms with Crippen LogP contribution in [0.25, 0.3) is 0 Å². The molecule has 0 amide bonds. The molecule has 36 heavy (non-hydrogen) atoms. The molecule has 1 heterocycles. The summed E-state index contributed by atoms with van der Waals surface area (Å²) in [6.45, 7) is 8.92. The molecule has 0 unspecified atom stereocenters. The van der Waals surface area contributed by atoms with Crippen molar-refractivity contribution in [3.05, 3.63) is 71.3 Å². The van der Waals surface area contributed by atoms with Crippen molar-refractivity contribution in [2.75, 3.05) is 24.6 Å². The minimum absolute atomic E-state index is 0.121. The maximum atomic E-state index is 12.2. The summed E-state index contributed by atoms with van der Waals surface area (Å²) in [6, 6.07) is 14.9. The smallest absolute Gasteiger partial charge is 0.159 e. The van der Waals surface area contributed by atoms with Crippen molar-refractivity contribution in [3.8, 4) is 5.75 Å². The van der Waals surface area contributed by atoms with E-state index in [0.29, 0.717) is 5.92 Å². The van der Waals surface area contributed by atoms with Gasteiger partial charge in [0.05, 0.1) is 12.3 Å². The molecule has 0 radical (unpaired) electrons. The maximum absolute atomic E-state index is 12.2. The SMILES string of the molecule is CCCC/C=C/C[C@@H]1CC[C@H]1CN1C[C@@H](CCCc2cccc(C)c2)COc2ccc(C(C)=O)cc21. The molecule has 3 atom stereocenters. The van der Waals surface area contributed by atoms with E-state index in [2.05, 4.69) is 61.2 Å². The monoisotopic (exact) mass is 487 g/mol. The molecule has 2 aromatic carbocycles. The fourth-order valence-electron chi connectivity index (χ4n) is 5.77. The number of anilines is 1. The number of carbonyl (C=O) groups is 1. The number of Topliss-reactive ketones (excluding diaryl/α,β-unsaturated/α-hetero) is 1. The van der Waals surface area contributed by atoms with Gasteiger partial charge in [-0.3, -0.25) is 4.79 Å². The van der Waals surface area contributed by atoms with Crippen LogP contribution in [-0.2, 0) is 6.42 Å². The van der Waals surface area contributed by atoms with Crippen molar-refractivity contribution in [1.29, 1.82) is 0 Å². The third-order valence-corrected chi connectivity index (χ3v) is 8.18. The Bertz CT molecular complexity index is 1030. The van der Waals surface area contributed by atoms with Crippen LogP contribution >= 0.6 is 0 Å². The summed E-state index contributed by atoms with van der Waals surface area (Å²) in [4.78, 5) is 14.7. The molecular formula is C33H45NO2. The van der Waals surface area contributed by atoms with E-state index in [4.69, 9.17) is 4.74 Å². The van der Waals surface area contributed by atoms with Gasteiger partial charge < -0.3 is 9.64 Å². The van der Waals surface area contributed by atoms with Crippen LogP contribution in [-0.4, -0.2) is 25.5 Å². The highest BCUT2D eigenvalue weighted by atomic mass is 16.5. The number of ketones is 1. The van der Waals surface area contributed by atoms with Crippen molar-refractivity contribution < 1.29 is 9.53 Å². The largest absolute Gasteiger partial charge is 0.491 e. The maximum Gasteiger partial charge on any atom is 0.159 e. The molecule has 1 aliphatic carbocycles. The summed E-state index contributed by atoms with van der Waals surface area (Å²) < 4.78 is 6.35. The first-order chi connectivity index (χ1) is 17.5. The minimum Gasteiger partial charge on any atom is -0.491 e. The highest BCUT2D eigenvalue weighted by Crippen LogP contribution is 2.41. The zero-order valence-electron chi connectivity index (χ0n) is 22.7. The Morgan fingerprint density at radius 3 is 2.69 bits per heavy atom. The zero-order valence-corrected chi connectivity index (χ0v) is 22.7. The van der Waals surface area contributed by atoms with Crippen molar-refractivity contribution in [2.45, 2.75) is 78.6 Å². The highest BCUT2D eigenvalue weighted by Gasteiger charge is 2.33. The van der Waals surface area contributed by atoms with Crippen molar-refractivity contribution >= 4 is 11.5 Å². The molecule has 0 N–H and O–H groups in total. The van der Waals surface area contributed by atoms with Gasteiger partial charge in [0, 0.05) is 24.6 Å². The van der Waals surface area contributed by atoms with Crippen LogP contribution in [0.1, 0.15) is 86.7 Å².